The molecule has 0 saturated heterocycles. The molecule has 0 fully saturated rings. The quantitative estimate of drug-likeness (QED) is 0.545. The van der Waals surface area contributed by atoms with E-state index in [1.807, 2.05) is 43.3 Å². The number of hydrogen-bond acceptors (Lipinski definition) is 3. The molecule has 1 aliphatic rings. The van der Waals surface area contributed by atoms with Crippen LogP contribution in [0.3, 0.4) is 0 Å². The number of nitrogens with one attached hydrogen (secondary N) is 1. The average molecular weight is 455 g/mol. The molecule has 4 nitrogen and oxygen atoms in total. The van der Waals surface area contributed by atoms with Crippen LogP contribution in [0, 0.1) is 5.82 Å². The Balaban J connectivity index is 1.59. The monoisotopic (exact) mass is 454 g/mol. The summed E-state index contributed by atoms with van der Waals surface area (Å²) in [5.41, 5.74) is 2.77. The Kier molecular flexibility index (Phi) is 6.30. The number of anilines is 1. The number of carbonyl (C=O) groups excluding carboxylic acids is 2. The summed E-state index contributed by atoms with van der Waals surface area (Å²) in [6.07, 6.45) is 0. The Labute approximate surface area is 189 Å². The lowest BCUT2D eigenvalue weighted by Gasteiger charge is -2.30. The highest BCUT2D eigenvalue weighted by Crippen LogP contribution is 2.37. The summed E-state index contributed by atoms with van der Waals surface area (Å²) in [5, 5.41) is 3.26. The normalized spacial score (nSPS) is 14.2. The first-order valence-corrected chi connectivity index (χ1v) is 11.2. The zero-order valence-electron chi connectivity index (χ0n) is 16.8. The fourth-order valence-corrected chi connectivity index (χ4v) is 4.59. The van der Waals surface area contributed by atoms with Gasteiger partial charge in [-0.1, -0.05) is 48.0 Å². The second-order valence-corrected chi connectivity index (χ2v) is 8.72. The van der Waals surface area contributed by atoms with E-state index in [1.165, 1.54) is 23.9 Å². The molecule has 0 saturated carbocycles. The van der Waals surface area contributed by atoms with Crippen LogP contribution in [0.1, 0.15) is 34.5 Å². The van der Waals surface area contributed by atoms with Crippen molar-refractivity contribution >= 4 is 40.9 Å². The molecule has 31 heavy (non-hydrogen) atoms. The lowest BCUT2D eigenvalue weighted by Crippen LogP contribution is -2.35. The zero-order valence-corrected chi connectivity index (χ0v) is 18.3. The number of fused-ring (bicyclic) bond motifs is 1. The van der Waals surface area contributed by atoms with Crippen LogP contribution in [0.15, 0.2) is 71.6 Å². The number of thioether (sulfide) groups is 1. The van der Waals surface area contributed by atoms with Crippen molar-refractivity contribution in [2.45, 2.75) is 24.4 Å². The second kappa shape index (κ2) is 9.12. The van der Waals surface area contributed by atoms with Crippen molar-refractivity contribution in [3.05, 3.63) is 94.3 Å². The molecule has 1 N–H and O–H groups in total. The van der Waals surface area contributed by atoms with Gasteiger partial charge in [0.05, 0.1) is 24.0 Å². The van der Waals surface area contributed by atoms with Crippen LogP contribution in [-0.4, -0.2) is 17.6 Å². The van der Waals surface area contributed by atoms with Crippen molar-refractivity contribution in [2.24, 2.45) is 0 Å². The molecule has 1 heterocycles. The maximum Gasteiger partial charge on any atom is 0.251 e. The summed E-state index contributed by atoms with van der Waals surface area (Å²) >= 11 is 7.61. The summed E-state index contributed by atoms with van der Waals surface area (Å²) in [6, 6.07) is 19.0. The van der Waals surface area contributed by atoms with Crippen molar-refractivity contribution < 1.29 is 14.0 Å². The van der Waals surface area contributed by atoms with Gasteiger partial charge < -0.3 is 10.2 Å². The highest BCUT2D eigenvalue weighted by atomic mass is 35.5. The molecule has 7 heteroatoms. The van der Waals surface area contributed by atoms with Crippen LogP contribution >= 0.6 is 23.4 Å². The molecule has 0 radical (unpaired) electrons. The summed E-state index contributed by atoms with van der Waals surface area (Å²) in [6.45, 7) is 2.13. The maximum atomic E-state index is 13.4. The minimum Gasteiger partial charge on any atom is -0.346 e. The van der Waals surface area contributed by atoms with Gasteiger partial charge in [0.25, 0.3) is 5.91 Å². The SMILES string of the molecule is CC(NC(=O)c1ccc2c(c1)N(Cc1ccc(F)cc1Cl)C(=O)CS2)c1ccccc1. The van der Waals surface area contributed by atoms with Crippen LogP contribution in [-0.2, 0) is 11.3 Å². The standard InChI is InChI=1S/C24H20ClFN2O2S/c1-15(16-5-3-2-4-6-16)27-24(30)17-8-10-22-21(11-17)28(23(29)14-31-22)13-18-7-9-19(26)12-20(18)25/h2-12,15H,13-14H2,1H3,(H,27,30). The largest absolute Gasteiger partial charge is 0.346 e. The maximum absolute atomic E-state index is 13.4. The van der Waals surface area contributed by atoms with Crippen LogP contribution in [0.4, 0.5) is 10.1 Å². The van der Waals surface area contributed by atoms with Gasteiger partial charge in [-0.15, -0.1) is 11.8 Å². The van der Waals surface area contributed by atoms with E-state index in [9.17, 15) is 14.0 Å². The molecule has 2 amide bonds. The molecular formula is C24H20ClFN2O2S. The van der Waals surface area contributed by atoms with E-state index in [2.05, 4.69) is 5.32 Å². The second-order valence-electron chi connectivity index (χ2n) is 7.29. The van der Waals surface area contributed by atoms with E-state index in [0.717, 1.165) is 10.5 Å². The Bertz CT molecular complexity index is 1140. The van der Waals surface area contributed by atoms with Crippen LogP contribution < -0.4 is 10.2 Å². The first kappa shape index (κ1) is 21.4. The Morgan fingerprint density at radius 2 is 1.94 bits per heavy atom. The van der Waals surface area contributed by atoms with E-state index < -0.39 is 5.82 Å². The van der Waals surface area contributed by atoms with Gasteiger partial charge in [-0.05, 0) is 48.4 Å². The smallest absolute Gasteiger partial charge is 0.251 e. The summed E-state index contributed by atoms with van der Waals surface area (Å²) in [4.78, 5) is 28.0. The van der Waals surface area contributed by atoms with Gasteiger partial charge in [0.15, 0.2) is 0 Å². The third kappa shape index (κ3) is 4.75. The van der Waals surface area contributed by atoms with E-state index in [0.29, 0.717) is 22.6 Å². The van der Waals surface area contributed by atoms with Crippen molar-refractivity contribution in [3.8, 4) is 0 Å². The molecule has 1 atom stereocenters. The van der Waals surface area contributed by atoms with Crippen LogP contribution in [0.25, 0.3) is 0 Å². The first-order chi connectivity index (χ1) is 14.9. The third-order valence-electron chi connectivity index (χ3n) is 5.15. The van der Waals surface area contributed by atoms with Gasteiger partial charge in [-0.2, -0.15) is 0 Å². The van der Waals surface area contributed by atoms with Gasteiger partial charge in [0.2, 0.25) is 5.91 Å². The number of carbonyl (C=O) groups is 2. The Hall–Kier alpha value is -2.83. The molecular weight excluding hydrogens is 435 g/mol. The number of rotatable bonds is 5. The molecule has 0 aromatic heterocycles. The van der Waals surface area contributed by atoms with Crippen LogP contribution in [0.5, 0.6) is 0 Å². The van der Waals surface area contributed by atoms with Crippen molar-refractivity contribution in [1.82, 2.24) is 5.32 Å². The zero-order chi connectivity index (χ0) is 22.0. The minimum absolute atomic E-state index is 0.0897. The fraction of sp³-hybridized carbons (Fsp3) is 0.167. The van der Waals surface area contributed by atoms with E-state index in [4.69, 9.17) is 11.6 Å². The summed E-state index contributed by atoms with van der Waals surface area (Å²) in [5.74, 6) is -0.446. The van der Waals surface area contributed by atoms with Crippen molar-refractivity contribution in [1.29, 1.82) is 0 Å². The van der Waals surface area contributed by atoms with E-state index in [1.54, 1.807) is 23.1 Å². The summed E-state index contributed by atoms with van der Waals surface area (Å²) in [7, 11) is 0. The minimum atomic E-state index is -0.429. The number of hydrogen-bond donors (Lipinski definition) is 1. The first-order valence-electron chi connectivity index (χ1n) is 9.79. The lowest BCUT2D eigenvalue weighted by atomic mass is 10.1. The van der Waals surface area contributed by atoms with Gasteiger partial charge >= 0.3 is 0 Å². The average Bonchev–Trinajstić information content (AvgIpc) is 2.77. The Morgan fingerprint density at radius 3 is 2.68 bits per heavy atom. The molecule has 0 aliphatic carbocycles. The van der Waals surface area contributed by atoms with Gasteiger partial charge in [0, 0.05) is 15.5 Å². The molecule has 158 valence electrons. The number of amides is 2. The number of halogens is 2. The predicted molar refractivity (Wildman–Crippen MR) is 122 cm³/mol. The molecule has 1 aliphatic heterocycles. The molecule has 0 bridgehead atoms. The third-order valence-corrected chi connectivity index (χ3v) is 6.55. The molecule has 4 rings (SSSR count). The molecule has 1 unspecified atom stereocenters. The predicted octanol–water partition coefficient (Wildman–Crippen LogP) is 5.61. The van der Waals surface area contributed by atoms with Crippen molar-refractivity contribution in [2.75, 3.05) is 10.7 Å². The fourth-order valence-electron chi connectivity index (χ4n) is 3.44. The van der Waals surface area contributed by atoms with Crippen molar-refractivity contribution in [3.63, 3.8) is 0 Å². The van der Waals surface area contributed by atoms with Gasteiger partial charge in [-0.25, -0.2) is 4.39 Å². The lowest BCUT2D eigenvalue weighted by molar-refractivity contribution is -0.116. The number of benzene rings is 3. The Morgan fingerprint density at radius 1 is 1.16 bits per heavy atom. The van der Waals surface area contributed by atoms with E-state index >= 15 is 0 Å². The van der Waals surface area contributed by atoms with Crippen LogP contribution in [0.2, 0.25) is 5.02 Å². The molecule has 0 spiro atoms. The summed E-state index contributed by atoms with van der Waals surface area (Å²) < 4.78 is 13.4. The number of nitrogens with zero attached hydrogens (tertiary/aromatic N) is 1. The highest BCUT2D eigenvalue weighted by Gasteiger charge is 2.27. The highest BCUT2D eigenvalue weighted by molar-refractivity contribution is 8.00. The van der Waals surface area contributed by atoms with Gasteiger partial charge in [0.1, 0.15) is 5.82 Å². The molecule has 3 aromatic carbocycles. The molecule has 3 aromatic rings. The topological polar surface area (TPSA) is 49.4 Å². The van der Waals surface area contributed by atoms with Gasteiger partial charge in [-0.3, -0.25) is 9.59 Å². The van der Waals surface area contributed by atoms with E-state index in [-0.39, 0.29) is 29.4 Å².